The van der Waals surface area contributed by atoms with Crippen LogP contribution < -0.4 is 10.2 Å². The molecule has 0 atom stereocenters. The molecule has 1 fully saturated rings. The van der Waals surface area contributed by atoms with Crippen molar-refractivity contribution in [3.63, 3.8) is 0 Å². The average Bonchev–Trinajstić information content (AvgIpc) is 3.18. The molecule has 0 radical (unpaired) electrons. The number of hydrogen-bond donors (Lipinski definition) is 1. The van der Waals surface area contributed by atoms with Crippen LogP contribution in [0.1, 0.15) is 32.3 Å². The Kier molecular flexibility index (Phi) is 4.37. The van der Waals surface area contributed by atoms with E-state index >= 15 is 0 Å². The number of anilines is 1. The highest BCUT2D eigenvalue weighted by Gasteiger charge is 2.30. The zero-order valence-corrected chi connectivity index (χ0v) is 11.4. The summed E-state index contributed by atoms with van der Waals surface area (Å²) < 4.78 is 0. The highest BCUT2D eigenvalue weighted by atomic mass is 15.2. The molecule has 0 bridgehead atoms. The van der Waals surface area contributed by atoms with Gasteiger partial charge in [-0.05, 0) is 18.9 Å². The Labute approximate surface area is 110 Å². The quantitative estimate of drug-likeness (QED) is 0.749. The van der Waals surface area contributed by atoms with Crippen molar-refractivity contribution in [3.05, 3.63) is 36.5 Å². The van der Waals surface area contributed by atoms with Crippen LogP contribution in [0.25, 0.3) is 0 Å². The van der Waals surface area contributed by atoms with Gasteiger partial charge in [-0.1, -0.05) is 26.0 Å². The van der Waals surface area contributed by atoms with E-state index < -0.39 is 0 Å². The Morgan fingerprint density at radius 3 is 2.94 bits per heavy atom. The van der Waals surface area contributed by atoms with Gasteiger partial charge in [-0.2, -0.15) is 0 Å². The third-order valence-corrected chi connectivity index (χ3v) is 3.15. The SMILES string of the molecule is C=CCN(c1ncccc1CNC(C)C)C1CC1. The van der Waals surface area contributed by atoms with Crippen LogP contribution in [0.5, 0.6) is 0 Å². The lowest BCUT2D eigenvalue weighted by Gasteiger charge is -2.24. The summed E-state index contributed by atoms with van der Waals surface area (Å²) in [4.78, 5) is 6.95. The molecule has 1 N–H and O–H groups in total. The van der Waals surface area contributed by atoms with Crippen LogP contribution in [0, 0.1) is 0 Å². The number of nitrogens with one attached hydrogen (secondary N) is 1. The molecular formula is C15H23N3. The summed E-state index contributed by atoms with van der Waals surface area (Å²) in [5, 5.41) is 3.47. The lowest BCUT2D eigenvalue weighted by Crippen LogP contribution is -2.29. The molecule has 0 saturated heterocycles. The van der Waals surface area contributed by atoms with Crippen LogP contribution in [0.15, 0.2) is 31.0 Å². The Morgan fingerprint density at radius 1 is 1.56 bits per heavy atom. The largest absolute Gasteiger partial charge is 0.350 e. The first-order valence-electron chi connectivity index (χ1n) is 6.77. The predicted molar refractivity (Wildman–Crippen MR) is 76.8 cm³/mol. The van der Waals surface area contributed by atoms with Gasteiger partial charge in [0.15, 0.2) is 0 Å². The molecule has 3 heteroatoms. The molecule has 0 aliphatic heterocycles. The minimum Gasteiger partial charge on any atom is -0.350 e. The van der Waals surface area contributed by atoms with E-state index in [-0.39, 0.29) is 0 Å². The van der Waals surface area contributed by atoms with Gasteiger partial charge < -0.3 is 10.2 Å². The van der Waals surface area contributed by atoms with Crippen LogP contribution in [-0.2, 0) is 6.54 Å². The van der Waals surface area contributed by atoms with E-state index in [1.807, 2.05) is 18.3 Å². The molecule has 2 rings (SSSR count). The molecule has 1 aromatic rings. The molecule has 1 saturated carbocycles. The van der Waals surface area contributed by atoms with E-state index in [1.54, 1.807) is 0 Å². The van der Waals surface area contributed by atoms with Gasteiger partial charge in [0.25, 0.3) is 0 Å². The molecule has 1 aliphatic carbocycles. The third kappa shape index (κ3) is 3.33. The fourth-order valence-electron chi connectivity index (χ4n) is 2.07. The van der Waals surface area contributed by atoms with E-state index in [0.717, 1.165) is 18.9 Å². The molecule has 1 heterocycles. The highest BCUT2D eigenvalue weighted by molar-refractivity contribution is 5.49. The molecule has 0 aromatic carbocycles. The lowest BCUT2D eigenvalue weighted by atomic mass is 10.2. The van der Waals surface area contributed by atoms with Gasteiger partial charge in [-0.25, -0.2) is 4.98 Å². The first kappa shape index (κ1) is 13.1. The monoisotopic (exact) mass is 245 g/mol. The Morgan fingerprint density at radius 2 is 2.33 bits per heavy atom. The first-order valence-corrected chi connectivity index (χ1v) is 6.77. The second-order valence-corrected chi connectivity index (χ2v) is 5.19. The van der Waals surface area contributed by atoms with E-state index in [0.29, 0.717) is 12.1 Å². The second kappa shape index (κ2) is 6.01. The van der Waals surface area contributed by atoms with Crippen LogP contribution in [0.4, 0.5) is 5.82 Å². The summed E-state index contributed by atoms with van der Waals surface area (Å²) in [5.41, 5.74) is 1.28. The smallest absolute Gasteiger partial charge is 0.133 e. The minimum atomic E-state index is 0.492. The van der Waals surface area contributed by atoms with Crippen LogP contribution in [0.3, 0.4) is 0 Å². The van der Waals surface area contributed by atoms with Crippen LogP contribution in [-0.4, -0.2) is 23.6 Å². The maximum Gasteiger partial charge on any atom is 0.133 e. The van der Waals surface area contributed by atoms with E-state index in [1.165, 1.54) is 18.4 Å². The maximum absolute atomic E-state index is 4.57. The van der Waals surface area contributed by atoms with Gasteiger partial charge in [0.2, 0.25) is 0 Å². The minimum absolute atomic E-state index is 0.492. The first-order chi connectivity index (χ1) is 8.72. The molecule has 1 aliphatic rings. The molecule has 98 valence electrons. The molecule has 18 heavy (non-hydrogen) atoms. The van der Waals surface area contributed by atoms with Crippen molar-refractivity contribution in [1.82, 2.24) is 10.3 Å². The van der Waals surface area contributed by atoms with E-state index in [2.05, 4.69) is 41.7 Å². The zero-order valence-electron chi connectivity index (χ0n) is 11.4. The molecule has 0 spiro atoms. The van der Waals surface area contributed by atoms with E-state index in [4.69, 9.17) is 0 Å². The number of rotatable bonds is 7. The summed E-state index contributed by atoms with van der Waals surface area (Å²) in [6, 6.07) is 5.33. The zero-order chi connectivity index (χ0) is 13.0. The van der Waals surface area contributed by atoms with Crippen LogP contribution in [0.2, 0.25) is 0 Å². The van der Waals surface area contributed by atoms with Crippen LogP contribution >= 0.6 is 0 Å². The van der Waals surface area contributed by atoms with Crippen molar-refractivity contribution in [3.8, 4) is 0 Å². The Hall–Kier alpha value is -1.35. The summed E-state index contributed by atoms with van der Waals surface area (Å²) in [6.07, 6.45) is 6.41. The van der Waals surface area contributed by atoms with Crippen molar-refractivity contribution >= 4 is 5.82 Å². The predicted octanol–water partition coefficient (Wildman–Crippen LogP) is 2.73. The molecule has 0 unspecified atom stereocenters. The van der Waals surface area contributed by atoms with Gasteiger partial charge in [0.1, 0.15) is 5.82 Å². The molecule has 3 nitrogen and oxygen atoms in total. The second-order valence-electron chi connectivity index (χ2n) is 5.19. The summed E-state index contributed by atoms with van der Waals surface area (Å²) in [5.74, 6) is 1.12. The highest BCUT2D eigenvalue weighted by Crippen LogP contribution is 2.32. The van der Waals surface area contributed by atoms with Gasteiger partial charge in [-0.3, -0.25) is 0 Å². The Balaban J connectivity index is 2.16. The van der Waals surface area contributed by atoms with E-state index in [9.17, 15) is 0 Å². The average molecular weight is 245 g/mol. The number of nitrogens with zero attached hydrogens (tertiary/aromatic N) is 2. The van der Waals surface area contributed by atoms with Gasteiger partial charge in [-0.15, -0.1) is 6.58 Å². The van der Waals surface area contributed by atoms with Crippen molar-refractivity contribution in [2.75, 3.05) is 11.4 Å². The normalized spacial score (nSPS) is 14.8. The fourth-order valence-corrected chi connectivity index (χ4v) is 2.07. The van der Waals surface area contributed by atoms with Gasteiger partial charge in [0.05, 0.1) is 0 Å². The van der Waals surface area contributed by atoms with Gasteiger partial charge in [0, 0.05) is 36.9 Å². The van der Waals surface area contributed by atoms with Crippen molar-refractivity contribution in [2.24, 2.45) is 0 Å². The number of pyridine rings is 1. The number of aromatic nitrogens is 1. The molecular weight excluding hydrogens is 222 g/mol. The molecule has 0 amide bonds. The van der Waals surface area contributed by atoms with Crippen molar-refractivity contribution in [1.29, 1.82) is 0 Å². The van der Waals surface area contributed by atoms with Crippen molar-refractivity contribution in [2.45, 2.75) is 45.3 Å². The van der Waals surface area contributed by atoms with Crippen molar-refractivity contribution < 1.29 is 0 Å². The number of hydrogen-bond acceptors (Lipinski definition) is 3. The van der Waals surface area contributed by atoms with Gasteiger partial charge >= 0.3 is 0 Å². The molecule has 1 aromatic heterocycles. The standard InChI is InChI=1S/C15H23N3/c1-4-10-18(14-7-8-14)15-13(6-5-9-16-15)11-17-12(2)3/h4-6,9,12,14,17H,1,7-8,10-11H2,2-3H3. The lowest BCUT2D eigenvalue weighted by molar-refractivity contribution is 0.586. The maximum atomic E-state index is 4.57. The Bertz CT molecular complexity index is 396. The summed E-state index contributed by atoms with van der Waals surface area (Å²) in [6.45, 7) is 9.95. The topological polar surface area (TPSA) is 28.2 Å². The summed E-state index contributed by atoms with van der Waals surface area (Å²) in [7, 11) is 0. The third-order valence-electron chi connectivity index (χ3n) is 3.15. The fraction of sp³-hybridized carbons (Fsp3) is 0.533. The summed E-state index contributed by atoms with van der Waals surface area (Å²) >= 11 is 0.